The first-order valence-corrected chi connectivity index (χ1v) is 7.14. The molecule has 0 aromatic heterocycles. The fourth-order valence-electron chi connectivity index (χ4n) is 1.94. The second kappa shape index (κ2) is 7.01. The molecule has 0 unspecified atom stereocenters. The van der Waals surface area contributed by atoms with Crippen LogP contribution in [0.5, 0.6) is 0 Å². The normalized spacial score (nSPS) is 10.8. The average molecular weight is 288 g/mol. The van der Waals surface area contributed by atoms with Gasteiger partial charge >= 0.3 is 0 Å². The van der Waals surface area contributed by atoms with Crippen LogP contribution in [-0.2, 0) is 24.1 Å². The molecule has 0 spiro atoms. The minimum atomic E-state index is -1.04. The number of alkyl halides is 2. The third kappa shape index (κ3) is 3.63. The molecule has 4 heteroatoms. The van der Waals surface area contributed by atoms with E-state index in [0.717, 1.165) is 36.1 Å². The van der Waals surface area contributed by atoms with Crippen molar-refractivity contribution in [3.63, 3.8) is 0 Å². The number of halogens is 2. The zero-order chi connectivity index (χ0) is 13.7. The molecule has 0 aliphatic carbocycles. The maximum absolute atomic E-state index is 11.6. The van der Waals surface area contributed by atoms with Gasteiger partial charge < -0.3 is 5.32 Å². The molecule has 1 aromatic rings. The number of aryl methyl sites for hydroxylation is 3. The van der Waals surface area contributed by atoms with Crippen LogP contribution < -0.4 is 5.32 Å². The van der Waals surface area contributed by atoms with E-state index in [4.69, 9.17) is 23.2 Å². The molecular weight excluding hydrogens is 269 g/mol. The number of nitrogens with one attached hydrogen (secondary N) is 1. The second-order valence-corrected chi connectivity index (χ2v) is 5.24. The molecule has 0 saturated carbocycles. The summed E-state index contributed by atoms with van der Waals surface area (Å²) < 4.78 is 0. The minimum Gasteiger partial charge on any atom is -0.323 e. The molecule has 1 rings (SSSR count). The predicted octanol–water partition coefficient (Wildman–Crippen LogP) is 4.12. The van der Waals surface area contributed by atoms with Crippen molar-refractivity contribution in [3.8, 4) is 0 Å². The van der Waals surface area contributed by atoms with Gasteiger partial charge in [0.25, 0.3) is 5.91 Å². The van der Waals surface area contributed by atoms with Crippen molar-refractivity contribution in [3.05, 3.63) is 28.8 Å². The lowest BCUT2D eigenvalue weighted by Crippen LogP contribution is -2.20. The topological polar surface area (TPSA) is 29.1 Å². The third-order valence-corrected chi connectivity index (χ3v) is 3.37. The number of carbonyl (C=O) groups is 1. The van der Waals surface area contributed by atoms with Gasteiger partial charge in [0.05, 0.1) is 0 Å². The fourth-order valence-corrected chi connectivity index (χ4v) is 2.05. The lowest BCUT2D eigenvalue weighted by molar-refractivity contribution is -0.114. The number of carbonyl (C=O) groups excluding carboxylic acids is 1. The molecule has 100 valence electrons. The SMILES string of the molecule is CCc1cc(CC)c(NC(=O)C(Cl)Cl)c(CC)c1. The quantitative estimate of drug-likeness (QED) is 0.811. The first-order valence-electron chi connectivity index (χ1n) is 6.27. The standard InChI is InChI=1S/C14H19Cl2NO/c1-4-9-7-10(5-2)12(11(6-3)8-9)17-14(18)13(15)16/h7-8,13H,4-6H2,1-3H3,(H,17,18). The Labute approximate surface area is 119 Å². The van der Waals surface area contributed by atoms with Crippen LogP contribution in [-0.4, -0.2) is 10.7 Å². The second-order valence-electron chi connectivity index (χ2n) is 4.14. The summed E-state index contributed by atoms with van der Waals surface area (Å²) in [4.78, 5) is 10.6. The first kappa shape index (κ1) is 15.3. The Kier molecular flexibility index (Phi) is 5.97. The van der Waals surface area contributed by atoms with Gasteiger partial charge in [0, 0.05) is 5.69 Å². The molecule has 0 radical (unpaired) electrons. The summed E-state index contributed by atoms with van der Waals surface area (Å²) in [5.74, 6) is -0.369. The number of hydrogen-bond acceptors (Lipinski definition) is 1. The van der Waals surface area contributed by atoms with E-state index in [2.05, 4.69) is 38.2 Å². The van der Waals surface area contributed by atoms with Crippen molar-refractivity contribution in [2.24, 2.45) is 0 Å². The van der Waals surface area contributed by atoms with Gasteiger partial charge in [-0.15, -0.1) is 0 Å². The van der Waals surface area contributed by atoms with E-state index >= 15 is 0 Å². The fraction of sp³-hybridized carbons (Fsp3) is 0.500. The van der Waals surface area contributed by atoms with Crippen LogP contribution in [0.2, 0.25) is 0 Å². The predicted molar refractivity (Wildman–Crippen MR) is 78.7 cm³/mol. The Balaban J connectivity index is 3.18. The van der Waals surface area contributed by atoms with Crippen molar-refractivity contribution < 1.29 is 4.79 Å². The van der Waals surface area contributed by atoms with Crippen LogP contribution in [0, 0.1) is 0 Å². The maximum Gasteiger partial charge on any atom is 0.257 e. The lowest BCUT2D eigenvalue weighted by atomic mass is 9.98. The van der Waals surface area contributed by atoms with Gasteiger partial charge in [0.15, 0.2) is 4.84 Å². The summed E-state index contributed by atoms with van der Waals surface area (Å²) >= 11 is 11.2. The molecule has 0 bridgehead atoms. The van der Waals surface area contributed by atoms with Crippen LogP contribution in [0.1, 0.15) is 37.5 Å². The van der Waals surface area contributed by atoms with Gasteiger partial charge in [-0.1, -0.05) is 56.1 Å². The number of amides is 1. The minimum absolute atomic E-state index is 0.369. The Hall–Kier alpha value is -0.730. The number of rotatable bonds is 5. The molecule has 0 aliphatic rings. The van der Waals surface area contributed by atoms with Gasteiger partial charge in [-0.3, -0.25) is 4.79 Å². The first-order chi connectivity index (χ1) is 8.53. The van der Waals surface area contributed by atoms with Gasteiger partial charge in [-0.25, -0.2) is 0 Å². The van der Waals surface area contributed by atoms with E-state index in [9.17, 15) is 4.79 Å². The zero-order valence-electron chi connectivity index (χ0n) is 11.0. The molecule has 0 fully saturated rings. The van der Waals surface area contributed by atoms with Crippen LogP contribution in [0.25, 0.3) is 0 Å². The van der Waals surface area contributed by atoms with Gasteiger partial charge in [0.2, 0.25) is 0 Å². The van der Waals surface area contributed by atoms with Gasteiger partial charge in [0.1, 0.15) is 0 Å². The Bertz CT molecular complexity index is 405. The zero-order valence-corrected chi connectivity index (χ0v) is 12.5. The number of anilines is 1. The van der Waals surface area contributed by atoms with E-state index in [0.29, 0.717) is 0 Å². The van der Waals surface area contributed by atoms with E-state index in [1.807, 2.05) is 0 Å². The maximum atomic E-state index is 11.6. The highest BCUT2D eigenvalue weighted by Crippen LogP contribution is 2.26. The summed E-state index contributed by atoms with van der Waals surface area (Å²) in [6.45, 7) is 6.27. The summed E-state index contributed by atoms with van der Waals surface area (Å²) in [6, 6.07) is 4.26. The van der Waals surface area contributed by atoms with Crippen molar-refractivity contribution in [2.45, 2.75) is 44.9 Å². The van der Waals surface area contributed by atoms with Gasteiger partial charge in [-0.2, -0.15) is 0 Å². The summed E-state index contributed by atoms with van der Waals surface area (Å²) in [5, 5.41) is 2.83. The molecule has 0 heterocycles. The van der Waals surface area contributed by atoms with Crippen molar-refractivity contribution >= 4 is 34.8 Å². The van der Waals surface area contributed by atoms with E-state index in [-0.39, 0.29) is 5.91 Å². The summed E-state index contributed by atoms with van der Waals surface area (Å²) in [5.41, 5.74) is 4.42. The van der Waals surface area contributed by atoms with Crippen LogP contribution >= 0.6 is 23.2 Å². The van der Waals surface area contributed by atoms with E-state index < -0.39 is 4.84 Å². The Morgan fingerprint density at radius 2 is 1.61 bits per heavy atom. The largest absolute Gasteiger partial charge is 0.323 e. The Morgan fingerprint density at radius 3 is 1.94 bits per heavy atom. The monoisotopic (exact) mass is 287 g/mol. The molecule has 0 aliphatic heterocycles. The van der Waals surface area contributed by atoms with Crippen molar-refractivity contribution in [1.82, 2.24) is 0 Å². The third-order valence-electron chi connectivity index (χ3n) is 2.98. The summed E-state index contributed by atoms with van der Waals surface area (Å²) in [6.07, 6.45) is 2.72. The van der Waals surface area contributed by atoms with Crippen LogP contribution in [0.15, 0.2) is 12.1 Å². The van der Waals surface area contributed by atoms with Crippen LogP contribution in [0.3, 0.4) is 0 Å². The molecule has 0 saturated heterocycles. The highest BCUT2D eigenvalue weighted by molar-refractivity contribution is 6.54. The molecule has 0 atom stereocenters. The number of benzene rings is 1. The van der Waals surface area contributed by atoms with Crippen LogP contribution in [0.4, 0.5) is 5.69 Å². The van der Waals surface area contributed by atoms with Crippen molar-refractivity contribution in [1.29, 1.82) is 0 Å². The highest BCUT2D eigenvalue weighted by Gasteiger charge is 2.16. The molecule has 18 heavy (non-hydrogen) atoms. The molecule has 2 nitrogen and oxygen atoms in total. The average Bonchev–Trinajstić information content (AvgIpc) is 2.38. The molecule has 1 N–H and O–H groups in total. The van der Waals surface area contributed by atoms with E-state index in [1.165, 1.54) is 5.56 Å². The lowest BCUT2D eigenvalue weighted by Gasteiger charge is -2.16. The molecule has 1 aromatic carbocycles. The van der Waals surface area contributed by atoms with Crippen molar-refractivity contribution in [2.75, 3.05) is 5.32 Å². The summed E-state index contributed by atoms with van der Waals surface area (Å²) in [7, 11) is 0. The molecular formula is C14H19Cl2NO. The Morgan fingerprint density at radius 1 is 1.11 bits per heavy atom. The smallest absolute Gasteiger partial charge is 0.257 e. The number of hydrogen-bond donors (Lipinski definition) is 1. The van der Waals surface area contributed by atoms with Gasteiger partial charge in [-0.05, 0) is 36.0 Å². The van der Waals surface area contributed by atoms with E-state index in [1.54, 1.807) is 0 Å². The molecule has 1 amide bonds. The highest BCUT2D eigenvalue weighted by atomic mass is 35.5.